The molecule has 0 aliphatic heterocycles. The Morgan fingerprint density at radius 2 is 1.56 bits per heavy atom. The third-order valence-corrected chi connectivity index (χ3v) is 5.41. The van der Waals surface area contributed by atoms with Gasteiger partial charge in [0.05, 0.1) is 12.8 Å². The van der Waals surface area contributed by atoms with Crippen LogP contribution < -0.4 is 24.8 Å². The summed E-state index contributed by atoms with van der Waals surface area (Å²) in [6, 6.07) is 11.5. The van der Waals surface area contributed by atoms with Crippen molar-refractivity contribution in [1.82, 2.24) is 4.72 Å². The van der Waals surface area contributed by atoms with Crippen molar-refractivity contribution < 1.29 is 31.5 Å². The van der Waals surface area contributed by atoms with E-state index in [1.54, 1.807) is 4.72 Å². The summed E-state index contributed by atoms with van der Waals surface area (Å²) < 4.78 is 60.3. The molecule has 13 heteroatoms. The van der Waals surface area contributed by atoms with Crippen molar-refractivity contribution in [1.29, 1.82) is 0 Å². The SMILES string of the molecule is COc1ccc(C(=O)Nc2ccc(F)c(F)c2)cc1NS(=O)(=O)NC(=O)Nc1ccc(Cl)cc1. The van der Waals surface area contributed by atoms with Gasteiger partial charge in [0.25, 0.3) is 5.91 Å². The minimum atomic E-state index is -4.45. The second-order valence-corrected chi connectivity index (χ2v) is 8.52. The summed E-state index contributed by atoms with van der Waals surface area (Å²) in [7, 11) is -3.17. The van der Waals surface area contributed by atoms with Crippen molar-refractivity contribution in [3.05, 3.63) is 82.9 Å². The van der Waals surface area contributed by atoms with Crippen LogP contribution in [-0.2, 0) is 10.2 Å². The molecule has 4 N–H and O–H groups in total. The number of anilines is 3. The minimum absolute atomic E-state index is 0.0117. The Bertz CT molecular complexity index is 1340. The van der Waals surface area contributed by atoms with Crippen LogP contribution >= 0.6 is 11.6 Å². The highest BCUT2D eigenvalue weighted by atomic mass is 35.5. The Hall–Kier alpha value is -3.90. The molecule has 9 nitrogen and oxygen atoms in total. The number of ether oxygens (including phenoxy) is 1. The van der Waals surface area contributed by atoms with Crippen LogP contribution in [0.2, 0.25) is 5.02 Å². The maximum Gasteiger partial charge on any atom is 0.334 e. The van der Waals surface area contributed by atoms with Crippen LogP contribution in [0, 0.1) is 11.6 Å². The molecule has 0 aromatic heterocycles. The zero-order chi connectivity index (χ0) is 24.9. The van der Waals surface area contributed by atoms with Gasteiger partial charge in [0.1, 0.15) is 5.75 Å². The number of amides is 3. The van der Waals surface area contributed by atoms with Crippen molar-refractivity contribution >= 4 is 50.8 Å². The van der Waals surface area contributed by atoms with Gasteiger partial charge in [0.2, 0.25) is 0 Å². The molecule has 0 atom stereocenters. The number of carbonyl (C=O) groups is 2. The first-order valence-corrected chi connectivity index (χ1v) is 11.2. The van der Waals surface area contributed by atoms with E-state index in [1.165, 1.54) is 43.5 Å². The van der Waals surface area contributed by atoms with Gasteiger partial charge < -0.3 is 15.4 Å². The molecule has 0 bridgehead atoms. The molecule has 0 spiro atoms. The highest BCUT2D eigenvalue weighted by molar-refractivity contribution is 7.91. The van der Waals surface area contributed by atoms with Crippen molar-refractivity contribution in [2.24, 2.45) is 0 Å². The molecule has 0 aliphatic carbocycles. The van der Waals surface area contributed by atoms with Crippen molar-refractivity contribution in [2.75, 3.05) is 22.5 Å². The Morgan fingerprint density at radius 1 is 0.882 bits per heavy atom. The topological polar surface area (TPSA) is 126 Å². The predicted molar refractivity (Wildman–Crippen MR) is 123 cm³/mol. The lowest BCUT2D eigenvalue weighted by atomic mass is 10.1. The molecule has 3 aromatic rings. The fraction of sp³-hybridized carbons (Fsp3) is 0.0476. The largest absolute Gasteiger partial charge is 0.495 e. The number of benzene rings is 3. The fourth-order valence-corrected chi connectivity index (χ4v) is 3.61. The molecule has 3 rings (SSSR count). The molecule has 178 valence electrons. The zero-order valence-corrected chi connectivity index (χ0v) is 18.9. The molecule has 0 aliphatic rings. The lowest BCUT2D eigenvalue weighted by Gasteiger charge is -2.14. The molecule has 0 unspecified atom stereocenters. The molecule has 0 radical (unpaired) electrons. The summed E-state index contributed by atoms with van der Waals surface area (Å²) in [5.41, 5.74) is 0.0917. The number of rotatable bonds is 7. The quantitative estimate of drug-likeness (QED) is 0.376. The van der Waals surface area contributed by atoms with Crippen molar-refractivity contribution in [3.63, 3.8) is 0 Å². The van der Waals surface area contributed by atoms with Crippen LogP contribution in [0.15, 0.2) is 60.7 Å². The lowest BCUT2D eigenvalue weighted by molar-refractivity contribution is 0.102. The summed E-state index contributed by atoms with van der Waals surface area (Å²) in [5, 5.41) is 5.12. The minimum Gasteiger partial charge on any atom is -0.495 e. The number of hydrogen-bond donors (Lipinski definition) is 4. The second kappa shape index (κ2) is 10.4. The van der Waals surface area contributed by atoms with Gasteiger partial charge >= 0.3 is 16.2 Å². The van der Waals surface area contributed by atoms with Gasteiger partial charge in [-0.2, -0.15) is 8.42 Å². The van der Waals surface area contributed by atoms with E-state index in [2.05, 4.69) is 15.4 Å². The monoisotopic (exact) mass is 510 g/mol. The standard InChI is InChI=1S/C21H17ClF2N4O5S/c1-33-19-9-2-12(20(29)25-15-7-8-16(23)17(24)11-15)10-18(19)27-34(31,32)28-21(30)26-14-5-3-13(22)4-6-14/h2-11,27H,1H3,(H,25,29)(H2,26,28,30). The maximum absolute atomic E-state index is 13.4. The van der Waals surface area contributed by atoms with Crippen LogP contribution in [0.3, 0.4) is 0 Å². The number of methoxy groups -OCH3 is 1. The molecular formula is C21H17ClF2N4O5S. The van der Waals surface area contributed by atoms with Crippen LogP contribution in [0.5, 0.6) is 5.75 Å². The van der Waals surface area contributed by atoms with E-state index in [9.17, 15) is 26.8 Å². The van der Waals surface area contributed by atoms with E-state index < -0.39 is 33.8 Å². The van der Waals surface area contributed by atoms with Crippen LogP contribution in [-0.4, -0.2) is 27.5 Å². The van der Waals surface area contributed by atoms with E-state index in [4.69, 9.17) is 16.3 Å². The summed E-state index contributed by atoms with van der Waals surface area (Å²) in [4.78, 5) is 24.6. The third-order valence-electron chi connectivity index (χ3n) is 4.21. The van der Waals surface area contributed by atoms with Gasteiger partial charge in [-0.15, -0.1) is 0 Å². The highest BCUT2D eigenvalue weighted by Crippen LogP contribution is 2.27. The first-order valence-electron chi connectivity index (χ1n) is 9.38. The van der Waals surface area contributed by atoms with Gasteiger partial charge in [-0.05, 0) is 54.6 Å². The first-order chi connectivity index (χ1) is 16.1. The second-order valence-electron chi connectivity index (χ2n) is 6.67. The van der Waals surface area contributed by atoms with Crippen molar-refractivity contribution in [2.45, 2.75) is 0 Å². The molecule has 0 fully saturated rings. The average molecular weight is 511 g/mol. The van der Waals surface area contributed by atoms with E-state index in [0.29, 0.717) is 10.7 Å². The molecule has 3 amide bonds. The van der Waals surface area contributed by atoms with Gasteiger partial charge in [0, 0.05) is 28.0 Å². The number of urea groups is 1. The summed E-state index contributed by atoms with van der Waals surface area (Å²) in [6.07, 6.45) is 0. The Morgan fingerprint density at radius 3 is 2.21 bits per heavy atom. The summed E-state index contributed by atoms with van der Waals surface area (Å²) in [6.45, 7) is 0. The van der Waals surface area contributed by atoms with Crippen molar-refractivity contribution in [3.8, 4) is 5.75 Å². The zero-order valence-electron chi connectivity index (χ0n) is 17.4. The molecule has 34 heavy (non-hydrogen) atoms. The number of nitrogens with one attached hydrogen (secondary N) is 4. The summed E-state index contributed by atoms with van der Waals surface area (Å²) in [5.74, 6) is -2.91. The van der Waals surface area contributed by atoms with E-state index in [1.807, 2.05) is 0 Å². The van der Waals surface area contributed by atoms with E-state index in [-0.39, 0.29) is 22.7 Å². The normalized spacial score (nSPS) is 10.8. The van der Waals surface area contributed by atoms with Gasteiger partial charge in [-0.3, -0.25) is 9.52 Å². The average Bonchev–Trinajstić information content (AvgIpc) is 2.77. The fourth-order valence-electron chi connectivity index (χ4n) is 2.69. The van der Waals surface area contributed by atoms with Crippen LogP contribution in [0.25, 0.3) is 0 Å². The van der Waals surface area contributed by atoms with E-state index in [0.717, 1.165) is 24.3 Å². The molecular weight excluding hydrogens is 494 g/mol. The molecule has 0 heterocycles. The Balaban J connectivity index is 1.73. The smallest absolute Gasteiger partial charge is 0.334 e. The maximum atomic E-state index is 13.4. The molecule has 0 saturated carbocycles. The third kappa shape index (κ3) is 6.56. The lowest BCUT2D eigenvalue weighted by Crippen LogP contribution is -2.38. The van der Waals surface area contributed by atoms with Gasteiger partial charge in [0.15, 0.2) is 11.6 Å². The highest BCUT2D eigenvalue weighted by Gasteiger charge is 2.19. The molecule has 3 aromatic carbocycles. The Labute approximate surface area is 198 Å². The predicted octanol–water partition coefficient (Wildman–Crippen LogP) is 4.36. The number of carbonyl (C=O) groups excluding carboxylic acids is 2. The van der Waals surface area contributed by atoms with Gasteiger partial charge in [-0.25, -0.2) is 18.3 Å². The summed E-state index contributed by atoms with van der Waals surface area (Å²) >= 11 is 5.76. The number of hydrogen-bond acceptors (Lipinski definition) is 5. The van der Waals surface area contributed by atoms with Crippen LogP contribution in [0.4, 0.5) is 30.6 Å². The van der Waals surface area contributed by atoms with Gasteiger partial charge in [-0.1, -0.05) is 11.6 Å². The molecule has 0 saturated heterocycles. The Kier molecular flexibility index (Phi) is 7.54. The number of halogens is 3. The van der Waals surface area contributed by atoms with E-state index >= 15 is 0 Å². The van der Waals surface area contributed by atoms with Crippen LogP contribution in [0.1, 0.15) is 10.4 Å². The first kappa shape index (κ1) is 24.7.